The summed E-state index contributed by atoms with van der Waals surface area (Å²) in [5, 5.41) is 20.2. The molecule has 112 valence electrons. The van der Waals surface area contributed by atoms with Gasteiger partial charge in [-0.1, -0.05) is 5.16 Å². The van der Waals surface area contributed by atoms with Crippen molar-refractivity contribution >= 4 is 11.5 Å². The monoisotopic (exact) mass is 291 g/mol. The van der Waals surface area contributed by atoms with Gasteiger partial charge in [0, 0.05) is 24.3 Å². The number of aliphatic hydroxyl groups is 1. The number of likely N-dealkylation sites (N-methyl/N-ethyl adjacent to an activating group) is 1. The Bertz CT molecular complexity index is 503. The standard InChI is InChI=1S/C12H16F3N3O2/c1-7(6-19)18(2)8-3-4-9(11(16)17-20)10(5-8)12(13,14)15/h3-5,7,19-20H,6H2,1-2H3,(H2,16,17). The summed E-state index contributed by atoms with van der Waals surface area (Å²) in [6.07, 6.45) is -4.63. The highest BCUT2D eigenvalue weighted by molar-refractivity contribution is 5.99. The minimum Gasteiger partial charge on any atom is -0.409 e. The molecule has 1 aromatic rings. The smallest absolute Gasteiger partial charge is 0.409 e. The SMILES string of the molecule is CC(CO)N(C)c1ccc(/C(N)=N/O)c(C(F)(F)F)c1. The highest BCUT2D eigenvalue weighted by atomic mass is 19.4. The van der Waals surface area contributed by atoms with E-state index in [0.29, 0.717) is 0 Å². The molecule has 0 saturated heterocycles. The van der Waals surface area contributed by atoms with Gasteiger partial charge < -0.3 is 20.9 Å². The van der Waals surface area contributed by atoms with Crippen LogP contribution in [0.2, 0.25) is 0 Å². The lowest BCUT2D eigenvalue weighted by Crippen LogP contribution is -2.32. The van der Waals surface area contributed by atoms with Crippen LogP contribution in [-0.2, 0) is 6.18 Å². The molecule has 20 heavy (non-hydrogen) atoms. The van der Waals surface area contributed by atoms with Crippen molar-refractivity contribution < 1.29 is 23.5 Å². The second-order valence-electron chi connectivity index (χ2n) is 4.36. The molecule has 5 nitrogen and oxygen atoms in total. The third-order valence-corrected chi connectivity index (χ3v) is 3.02. The number of oxime groups is 1. The van der Waals surface area contributed by atoms with Crippen LogP contribution in [0.1, 0.15) is 18.1 Å². The van der Waals surface area contributed by atoms with Crippen molar-refractivity contribution in [3.8, 4) is 0 Å². The van der Waals surface area contributed by atoms with E-state index < -0.39 is 23.1 Å². The van der Waals surface area contributed by atoms with Gasteiger partial charge in [-0.25, -0.2) is 0 Å². The first kappa shape index (κ1) is 16.1. The van der Waals surface area contributed by atoms with E-state index in [0.717, 1.165) is 12.1 Å². The zero-order valence-corrected chi connectivity index (χ0v) is 11.0. The molecule has 1 rings (SSSR count). The van der Waals surface area contributed by atoms with Gasteiger partial charge in [0.25, 0.3) is 0 Å². The Hall–Kier alpha value is -1.96. The van der Waals surface area contributed by atoms with Gasteiger partial charge in [0.2, 0.25) is 0 Å². The average molecular weight is 291 g/mol. The summed E-state index contributed by atoms with van der Waals surface area (Å²) in [6, 6.07) is 3.10. The average Bonchev–Trinajstić information content (AvgIpc) is 2.43. The predicted molar refractivity (Wildman–Crippen MR) is 68.9 cm³/mol. The Morgan fingerprint density at radius 2 is 2.05 bits per heavy atom. The Kier molecular flexibility index (Phi) is 4.83. The molecule has 1 unspecified atom stereocenters. The van der Waals surface area contributed by atoms with Gasteiger partial charge in [-0.05, 0) is 25.1 Å². The first-order chi connectivity index (χ1) is 9.22. The number of benzene rings is 1. The molecule has 0 heterocycles. The molecule has 0 aliphatic heterocycles. The summed E-state index contributed by atoms with van der Waals surface area (Å²) in [7, 11) is 1.57. The van der Waals surface area contributed by atoms with Crippen molar-refractivity contribution in [2.45, 2.75) is 19.1 Å². The number of alkyl halides is 3. The summed E-state index contributed by atoms with van der Waals surface area (Å²) in [5.41, 5.74) is 4.13. The summed E-state index contributed by atoms with van der Waals surface area (Å²) in [4.78, 5) is 1.51. The molecule has 0 spiro atoms. The van der Waals surface area contributed by atoms with Crippen LogP contribution in [0.25, 0.3) is 0 Å². The van der Waals surface area contributed by atoms with E-state index >= 15 is 0 Å². The minimum atomic E-state index is -4.63. The first-order valence-corrected chi connectivity index (χ1v) is 5.75. The number of hydrogen-bond donors (Lipinski definition) is 3. The van der Waals surface area contributed by atoms with Gasteiger partial charge in [-0.15, -0.1) is 0 Å². The van der Waals surface area contributed by atoms with Crippen LogP contribution < -0.4 is 10.6 Å². The Balaban J connectivity index is 3.36. The fourth-order valence-electron chi connectivity index (χ4n) is 1.64. The van der Waals surface area contributed by atoms with E-state index in [9.17, 15) is 13.2 Å². The summed E-state index contributed by atoms with van der Waals surface area (Å²) >= 11 is 0. The number of anilines is 1. The topological polar surface area (TPSA) is 82.1 Å². The third-order valence-electron chi connectivity index (χ3n) is 3.02. The van der Waals surface area contributed by atoms with Crippen LogP contribution in [0.4, 0.5) is 18.9 Å². The maximum absolute atomic E-state index is 13.0. The summed E-state index contributed by atoms with van der Waals surface area (Å²) in [6.45, 7) is 1.48. The van der Waals surface area contributed by atoms with E-state index in [2.05, 4.69) is 5.16 Å². The minimum absolute atomic E-state index is 0.195. The molecule has 4 N–H and O–H groups in total. The quantitative estimate of drug-likeness (QED) is 0.341. The van der Waals surface area contributed by atoms with Gasteiger partial charge in [-0.2, -0.15) is 13.2 Å². The van der Waals surface area contributed by atoms with Gasteiger partial charge in [0.1, 0.15) is 0 Å². The fraction of sp³-hybridized carbons (Fsp3) is 0.417. The fourth-order valence-corrected chi connectivity index (χ4v) is 1.64. The molecule has 1 aromatic carbocycles. The molecule has 0 fully saturated rings. The van der Waals surface area contributed by atoms with Gasteiger partial charge in [0.15, 0.2) is 5.84 Å². The molecule has 0 aromatic heterocycles. The maximum atomic E-state index is 13.0. The van der Waals surface area contributed by atoms with E-state index in [1.54, 1.807) is 14.0 Å². The summed E-state index contributed by atoms with van der Waals surface area (Å²) < 4.78 is 39.0. The van der Waals surface area contributed by atoms with Gasteiger partial charge in [0.05, 0.1) is 12.2 Å². The predicted octanol–water partition coefficient (Wildman–Crippen LogP) is 1.62. The van der Waals surface area contributed by atoms with E-state index in [4.69, 9.17) is 16.0 Å². The molecule has 0 radical (unpaired) electrons. The lowest BCUT2D eigenvalue weighted by molar-refractivity contribution is -0.137. The van der Waals surface area contributed by atoms with Crippen LogP contribution in [-0.4, -0.2) is 35.8 Å². The molecule has 0 aliphatic rings. The molecule has 0 bridgehead atoms. The summed E-state index contributed by atoms with van der Waals surface area (Å²) in [5.74, 6) is -0.610. The zero-order valence-electron chi connectivity index (χ0n) is 11.0. The molecule has 1 atom stereocenters. The zero-order chi connectivity index (χ0) is 15.5. The lowest BCUT2D eigenvalue weighted by atomic mass is 10.0. The van der Waals surface area contributed by atoms with Crippen molar-refractivity contribution in [2.75, 3.05) is 18.6 Å². The normalized spacial score (nSPS) is 14.2. The number of rotatable bonds is 4. The molecular weight excluding hydrogens is 275 g/mol. The van der Waals surface area contributed by atoms with Crippen LogP contribution in [0.5, 0.6) is 0 Å². The van der Waals surface area contributed by atoms with Crippen molar-refractivity contribution in [3.63, 3.8) is 0 Å². The Morgan fingerprint density at radius 3 is 2.50 bits per heavy atom. The molecule has 8 heteroatoms. The van der Waals surface area contributed by atoms with Gasteiger partial charge in [-0.3, -0.25) is 0 Å². The van der Waals surface area contributed by atoms with Crippen LogP contribution in [0, 0.1) is 0 Å². The number of aliphatic hydroxyl groups excluding tert-OH is 1. The van der Waals surface area contributed by atoms with Crippen molar-refractivity contribution in [2.24, 2.45) is 10.9 Å². The van der Waals surface area contributed by atoms with Crippen LogP contribution in [0.15, 0.2) is 23.4 Å². The number of halogens is 3. The maximum Gasteiger partial charge on any atom is 0.417 e. The third kappa shape index (κ3) is 3.32. The number of amidine groups is 1. The Labute approximate surface area is 114 Å². The van der Waals surface area contributed by atoms with E-state index in [1.165, 1.54) is 11.0 Å². The van der Waals surface area contributed by atoms with Crippen molar-refractivity contribution in [1.29, 1.82) is 0 Å². The van der Waals surface area contributed by atoms with E-state index in [1.807, 2.05) is 0 Å². The molecule has 0 aliphatic carbocycles. The largest absolute Gasteiger partial charge is 0.417 e. The highest BCUT2D eigenvalue weighted by Crippen LogP contribution is 2.34. The highest BCUT2D eigenvalue weighted by Gasteiger charge is 2.35. The van der Waals surface area contributed by atoms with E-state index in [-0.39, 0.29) is 18.3 Å². The lowest BCUT2D eigenvalue weighted by Gasteiger charge is -2.26. The molecular formula is C12H16F3N3O2. The second kappa shape index (κ2) is 6.00. The van der Waals surface area contributed by atoms with Crippen LogP contribution in [0.3, 0.4) is 0 Å². The van der Waals surface area contributed by atoms with Crippen molar-refractivity contribution in [3.05, 3.63) is 29.3 Å². The Morgan fingerprint density at radius 1 is 1.45 bits per heavy atom. The number of hydrogen-bond acceptors (Lipinski definition) is 4. The van der Waals surface area contributed by atoms with Crippen molar-refractivity contribution in [1.82, 2.24) is 0 Å². The number of nitrogens with zero attached hydrogens (tertiary/aromatic N) is 2. The first-order valence-electron chi connectivity index (χ1n) is 5.75. The van der Waals surface area contributed by atoms with Gasteiger partial charge >= 0.3 is 6.18 Å². The van der Waals surface area contributed by atoms with Crippen LogP contribution >= 0.6 is 0 Å². The molecule has 0 saturated carbocycles. The second-order valence-corrected chi connectivity index (χ2v) is 4.36. The number of nitrogens with two attached hydrogens (primary N) is 1. The molecule has 0 amide bonds.